The van der Waals surface area contributed by atoms with Gasteiger partial charge >= 0.3 is 0 Å². The lowest BCUT2D eigenvalue weighted by atomic mass is 9.81. The molecule has 4 rings (SSSR count). The van der Waals surface area contributed by atoms with Crippen molar-refractivity contribution in [3.63, 3.8) is 0 Å². The fourth-order valence-electron chi connectivity index (χ4n) is 5.15. The van der Waals surface area contributed by atoms with Crippen molar-refractivity contribution in [1.29, 1.82) is 0 Å². The number of benzene rings is 1. The van der Waals surface area contributed by atoms with Gasteiger partial charge in [0.1, 0.15) is 17.8 Å². The molecule has 0 aromatic heterocycles. The first-order valence-electron chi connectivity index (χ1n) is 12.1. The molecule has 1 aromatic rings. The highest BCUT2D eigenvalue weighted by Crippen LogP contribution is 2.32. The average molecular weight is 445 g/mol. The van der Waals surface area contributed by atoms with E-state index in [9.17, 15) is 14.6 Å². The summed E-state index contributed by atoms with van der Waals surface area (Å²) in [4.78, 5) is 11.4. The summed E-state index contributed by atoms with van der Waals surface area (Å²) in [5.74, 6) is 1.55. The molecule has 1 saturated carbocycles. The quantitative estimate of drug-likeness (QED) is 0.632. The van der Waals surface area contributed by atoms with Crippen molar-refractivity contribution in [1.82, 2.24) is 9.80 Å². The lowest BCUT2D eigenvalue weighted by Gasteiger charge is -2.40. The van der Waals surface area contributed by atoms with Crippen LogP contribution in [0.2, 0.25) is 0 Å². The zero-order valence-corrected chi connectivity index (χ0v) is 18.9. The van der Waals surface area contributed by atoms with Gasteiger partial charge in [-0.2, -0.15) is 0 Å². The van der Waals surface area contributed by atoms with Crippen LogP contribution in [0.15, 0.2) is 41.4 Å². The van der Waals surface area contributed by atoms with Gasteiger partial charge < -0.3 is 20.0 Å². The van der Waals surface area contributed by atoms with Crippen LogP contribution in [0.5, 0.6) is 5.75 Å². The number of piperazine rings is 1. The van der Waals surface area contributed by atoms with E-state index in [1.54, 1.807) is 6.07 Å². The molecule has 176 valence electrons. The van der Waals surface area contributed by atoms with Gasteiger partial charge in [-0.1, -0.05) is 18.2 Å². The van der Waals surface area contributed by atoms with Gasteiger partial charge in [0.25, 0.3) is 0 Å². The second-order valence-corrected chi connectivity index (χ2v) is 9.29. The van der Waals surface area contributed by atoms with E-state index in [2.05, 4.69) is 25.8 Å². The van der Waals surface area contributed by atoms with Crippen LogP contribution in [0.4, 0.5) is 10.1 Å². The number of phenolic OH excluding ortho intramolecular Hbond substituents is 1. The third-order valence-electron chi connectivity index (χ3n) is 7.23. The summed E-state index contributed by atoms with van der Waals surface area (Å²) in [5, 5.41) is 21.4. The fourth-order valence-corrected chi connectivity index (χ4v) is 5.15. The third kappa shape index (κ3) is 5.62. The lowest BCUT2D eigenvalue weighted by Crippen LogP contribution is -2.52. The minimum Gasteiger partial charge on any atom is -0.506 e. The Morgan fingerprint density at radius 1 is 1.09 bits per heavy atom. The number of aliphatic imine (C=N–C) groups is 1. The number of aliphatic hydroxyl groups excluding tert-OH is 1. The van der Waals surface area contributed by atoms with Crippen LogP contribution in [0.1, 0.15) is 32.1 Å². The van der Waals surface area contributed by atoms with Crippen LogP contribution in [-0.4, -0.2) is 84.6 Å². The number of nitrogens with zero attached hydrogens (tertiary/aromatic N) is 4. The number of phenols is 1. The van der Waals surface area contributed by atoms with Crippen LogP contribution in [-0.2, 0) is 0 Å². The maximum Gasteiger partial charge on any atom is 0.138 e. The van der Waals surface area contributed by atoms with E-state index in [4.69, 9.17) is 0 Å². The van der Waals surface area contributed by atoms with E-state index in [0.29, 0.717) is 5.75 Å². The number of rotatable bonds is 7. The van der Waals surface area contributed by atoms with Crippen LogP contribution >= 0.6 is 0 Å². The number of anilines is 1. The van der Waals surface area contributed by atoms with E-state index in [1.807, 2.05) is 24.3 Å². The molecule has 7 heteroatoms. The van der Waals surface area contributed by atoms with Crippen molar-refractivity contribution in [2.75, 3.05) is 57.4 Å². The van der Waals surface area contributed by atoms with Crippen molar-refractivity contribution in [2.24, 2.45) is 16.8 Å². The predicted molar refractivity (Wildman–Crippen MR) is 127 cm³/mol. The van der Waals surface area contributed by atoms with E-state index < -0.39 is 6.23 Å². The highest BCUT2D eigenvalue weighted by atomic mass is 19.1. The Kier molecular flexibility index (Phi) is 8.03. The molecular weight excluding hydrogens is 407 g/mol. The van der Waals surface area contributed by atoms with E-state index >= 15 is 0 Å². The summed E-state index contributed by atoms with van der Waals surface area (Å²) < 4.78 is 13.0. The fraction of sp³-hybridized carbons (Fsp3) is 0.640. The maximum absolute atomic E-state index is 13.0. The molecule has 0 amide bonds. The first kappa shape index (κ1) is 23.1. The van der Waals surface area contributed by atoms with Crippen LogP contribution in [0, 0.1) is 11.8 Å². The molecule has 2 N–H and O–H groups in total. The third-order valence-corrected chi connectivity index (χ3v) is 7.23. The van der Waals surface area contributed by atoms with Gasteiger partial charge in [0.15, 0.2) is 0 Å². The first-order chi connectivity index (χ1) is 15.7. The molecule has 3 aliphatic rings. The van der Waals surface area contributed by atoms with E-state index in [1.165, 1.54) is 0 Å². The lowest BCUT2D eigenvalue weighted by molar-refractivity contribution is -0.0211. The van der Waals surface area contributed by atoms with E-state index in [-0.39, 0.29) is 18.5 Å². The van der Waals surface area contributed by atoms with Crippen LogP contribution in [0.25, 0.3) is 0 Å². The Bertz CT molecular complexity index is 786. The number of dihydropyridines is 1. The monoisotopic (exact) mass is 444 g/mol. The summed E-state index contributed by atoms with van der Waals surface area (Å²) in [7, 11) is 0. The number of aliphatic hydroxyl groups is 1. The molecule has 0 unspecified atom stereocenters. The largest absolute Gasteiger partial charge is 0.506 e. The molecule has 0 spiro atoms. The highest BCUT2D eigenvalue weighted by Gasteiger charge is 2.32. The molecule has 2 aliphatic heterocycles. The van der Waals surface area contributed by atoms with Crippen molar-refractivity contribution < 1.29 is 14.6 Å². The SMILES string of the molecule is Oc1ccccc1N1CCN(CCN(C2=NCCC=C2)[C@H](O)C2CCC(CF)CC2)CC1. The summed E-state index contributed by atoms with van der Waals surface area (Å²) in [5.41, 5.74) is 0.898. The normalized spacial score (nSPS) is 25.4. The Balaban J connectivity index is 1.33. The Morgan fingerprint density at radius 2 is 1.84 bits per heavy atom. The number of amidine groups is 1. The molecule has 0 radical (unpaired) electrons. The van der Waals surface area contributed by atoms with Crippen molar-refractivity contribution >= 4 is 11.5 Å². The minimum atomic E-state index is -0.570. The summed E-state index contributed by atoms with van der Waals surface area (Å²) in [6, 6.07) is 7.51. The molecule has 1 saturated heterocycles. The molecule has 1 aromatic carbocycles. The number of hydrogen-bond acceptors (Lipinski definition) is 6. The van der Waals surface area contributed by atoms with Crippen LogP contribution < -0.4 is 4.90 Å². The zero-order valence-electron chi connectivity index (χ0n) is 18.9. The highest BCUT2D eigenvalue weighted by molar-refractivity contribution is 5.93. The molecule has 1 aliphatic carbocycles. The Labute approximate surface area is 191 Å². The van der Waals surface area contributed by atoms with Gasteiger partial charge in [-0.25, -0.2) is 0 Å². The van der Waals surface area contributed by atoms with Crippen molar-refractivity contribution in [2.45, 2.75) is 38.3 Å². The second kappa shape index (κ2) is 11.1. The molecule has 1 atom stereocenters. The van der Waals surface area contributed by atoms with Gasteiger partial charge in [0.05, 0.1) is 12.4 Å². The molecule has 2 heterocycles. The molecule has 2 fully saturated rings. The standard InChI is InChI=1S/C25H37FN4O2/c26-19-20-8-10-21(11-9-20)25(32)30(24-7-3-4-12-27-24)18-15-28-13-16-29(17-14-28)22-5-1-2-6-23(22)31/h1-3,5-7,20-21,25,31-32H,4,8-19H2/t20?,21?,25-/m1/s1. The second-order valence-electron chi connectivity index (χ2n) is 9.29. The molecule has 32 heavy (non-hydrogen) atoms. The first-order valence-corrected chi connectivity index (χ1v) is 12.1. The van der Waals surface area contributed by atoms with E-state index in [0.717, 1.165) is 89.4 Å². The Hall–Kier alpha value is -2.12. The zero-order chi connectivity index (χ0) is 22.3. The van der Waals surface area contributed by atoms with Crippen LogP contribution in [0.3, 0.4) is 0 Å². The maximum atomic E-state index is 13.0. The predicted octanol–water partition coefficient (Wildman–Crippen LogP) is 3.27. The van der Waals surface area contributed by atoms with Gasteiger partial charge in [-0.15, -0.1) is 0 Å². The number of alkyl halides is 1. The summed E-state index contributed by atoms with van der Waals surface area (Å²) in [6.07, 6.45) is 8.03. The molecule has 6 nitrogen and oxygen atoms in total. The summed E-state index contributed by atoms with van der Waals surface area (Å²) in [6.45, 7) is 5.69. The molecule has 0 bridgehead atoms. The number of aromatic hydroxyl groups is 1. The number of para-hydroxylation sites is 2. The number of halogens is 1. The topological polar surface area (TPSA) is 62.5 Å². The van der Waals surface area contributed by atoms with Crippen molar-refractivity contribution in [3.8, 4) is 5.75 Å². The minimum absolute atomic E-state index is 0.166. The van der Waals surface area contributed by atoms with Crippen molar-refractivity contribution in [3.05, 3.63) is 36.4 Å². The average Bonchev–Trinajstić information content (AvgIpc) is 2.85. The number of hydrogen-bond donors (Lipinski definition) is 2. The van der Waals surface area contributed by atoms with Gasteiger partial charge in [0.2, 0.25) is 0 Å². The smallest absolute Gasteiger partial charge is 0.138 e. The Morgan fingerprint density at radius 3 is 2.50 bits per heavy atom. The van der Waals surface area contributed by atoms with Gasteiger partial charge in [-0.05, 0) is 56.2 Å². The van der Waals surface area contributed by atoms with Gasteiger partial charge in [0, 0.05) is 51.7 Å². The molecular formula is C25H37FN4O2. The summed E-state index contributed by atoms with van der Waals surface area (Å²) >= 11 is 0. The van der Waals surface area contributed by atoms with Gasteiger partial charge in [-0.3, -0.25) is 14.3 Å².